The summed E-state index contributed by atoms with van der Waals surface area (Å²) in [5, 5.41) is 2.94. The molecule has 1 N–H and O–H groups in total. The summed E-state index contributed by atoms with van der Waals surface area (Å²) in [5.74, 6) is -0.413. The van der Waals surface area contributed by atoms with Crippen LogP contribution in [0.25, 0.3) is 0 Å². The standard InChI is InChI=1S/C16H17ClN2O4/c1-8(2)13-14(23-9(3)18-13)15(20)19-12-7-10(16(21)22-4)5-6-11(12)17/h5-8H,1-4H3,(H,19,20). The van der Waals surface area contributed by atoms with Crippen LogP contribution in [0.5, 0.6) is 0 Å². The topological polar surface area (TPSA) is 81.4 Å². The molecule has 7 heteroatoms. The molecule has 6 nitrogen and oxygen atoms in total. The maximum Gasteiger partial charge on any atom is 0.337 e. The van der Waals surface area contributed by atoms with Gasteiger partial charge in [-0.3, -0.25) is 4.79 Å². The Morgan fingerprint density at radius 2 is 2.04 bits per heavy atom. The van der Waals surface area contributed by atoms with Gasteiger partial charge in [-0.15, -0.1) is 0 Å². The van der Waals surface area contributed by atoms with Crippen molar-refractivity contribution in [3.63, 3.8) is 0 Å². The Bertz CT molecular complexity index is 753. The molecule has 122 valence electrons. The lowest BCUT2D eigenvalue weighted by atomic mass is 10.1. The number of hydrogen-bond acceptors (Lipinski definition) is 5. The van der Waals surface area contributed by atoms with E-state index >= 15 is 0 Å². The monoisotopic (exact) mass is 336 g/mol. The SMILES string of the molecule is COC(=O)c1ccc(Cl)c(NC(=O)c2oc(C)nc2C(C)C)c1. The summed E-state index contributed by atoms with van der Waals surface area (Å²) in [6.45, 7) is 5.51. The van der Waals surface area contributed by atoms with E-state index in [4.69, 9.17) is 16.0 Å². The van der Waals surface area contributed by atoms with E-state index in [0.717, 1.165) is 0 Å². The second kappa shape index (κ2) is 6.83. The highest BCUT2D eigenvalue weighted by molar-refractivity contribution is 6.34. The summed E-state index contributed by atoms with van der Waals surface area (Å²) < 4.78 is 10.0. The number of nitrogens with zero attached hydrogens (tertiary/aromatic N) is 1. The molecule has 1 amide bonds. The highest BCUT2D eigenvalue weighted by Crippen LogP contribution is 2.26. The van der Waals surface area contributed by atoms with Crippen LogP contribution in [0.2, 0.25) is 5.02 Å². The van der Waals surface area contributed by atoms with Crippen molar-refractivity contribution >= 4 is 29.2 Å². The van der Waals surface area contributed by atoms with Crippen molar-refractivity contribution in [3.05, 3.63) is 46.1 Å². The number of rotatable bonds is 4. The van der Waals surface area contributed by atoms with Gasteiger partial charge in [-0.2, -0.15) is 0 Å². The molecule has 0 spiro atoms. The van der Waals surface area contributed by atoms with Crippen LogP contribution in [-0.2, 0) is 4.74 Å². The minimum Gasteiger partial charge on any atom is -0.465 e. The highest BCUT2D eigenvalue weighted by Gasteiger charge is 2.22. The van der Waals surface area contributed by atoms with Crippen LogP contribution in [0.4, 0.5) is 5.69 Å². The predicted octanol–water partition coefficient (Wildman–Crippen LogP) is 3.80. The summed E-state index contributed by atoms with van der Waals surface area (Å²) in [7, 11) is 1.28. The lowest BCUT2D eigenvalue weighted by Crippen LogP contribution is -2.14. The number of carbonyl (C=O) groups is 2. The molecule has 0 bridgehead atoms. The van der Waals surface area contributed by atoms with Gasteiger partial charge in [0.05, 0.1) is 29.1 Å². The molecule has 1 aromatic heterocycles. The van der Waals surface area contributed by atoms with E-state index in [1.54, 1.807) is 6.92 Å². The van der Waals surface area contributed by atoms with Gasteiger partial charge < -0.3 is 14.5 Å². The minimum absolute atomic E-state index is 0.0325. The van der Waals surface area contributed by atoms with Crippen molar-refractivity contribution in [3.8, 4) is 0 Å². The fourth-order valence-electron chi connectivity index (χ4n) is 2.04. The Morgan fingerprint density at radius 3 is 2.65 bits per heavy atom. The molecular formula is C16H17ClN2O4. The van der Waals surface area contributed by atoms with Gasteiger partial charge >= 0.3 is 5.97 Å². The van der Waals surface area contributed by atoms with Crippen molar-refractivity contribution in [1.82, 2.24) is 4.98 Å². The van der Waals surface area contributed by atoms with E-state index in [1.807, 2.05) is 13.8 Å². The number of amides is 1. The highest BCUT2D eigenvalue weighted by atomic mass is 35.5. The van der Waals surface area contributed by atoms with Gasteiger partial charge in [0, 0.05) is 6.92 Å². The first kappa shape index (κ1) is 17.0. The predicted molar refractivity (Wildman–Crippen MR) is 86.1 cm³/mol. The normalized spacial score (nSPS) is 10.7. The van der Waals surface area contributed by atoms with E-state index in [9.17, 15) is 9.59 Å². The van der Waals surface area contributed by atoms with Gasteiger partial charge in [-0.05, 0) is 24.1 Å². The molecule has 1 aromatic carbocycles. The zero-order valence-electron chi connectivity index (χ0n) is 13.3. The number of hydrogen-bond donors (Lipinski definition) is 1. The summed E-state index contributed by atoms with van der Waals surface area (Å²) in [5.41, 5.74) is 1.15. The molecule has 2 aromatic rings. The number of methoxy groups -OCH3 is 1. The van der Waals surface area contributed by atoms with Gasteiger partial charge in [0.1, 0.15) is 0 Å². The van der Waals surface area contributed by atoms with Crippen LogP contribution in [0, 0.1) is 6.92 Å². The van der Waals surface area contributed by atoms with Crippen LogP contribution >= 0.6 is 11.6 Å². The van der Waals surface area contributed by atoms with E-state index in [-0.39, 0.29) is 17.2 Å². The second-order valence-electron chi connectivity index (χ2n) is 5.24. The number of halogens is 1. The number of nitrogens with one attached hydrogen (secondary N) is 1. The van der Waals surface area contributed by atoms with Crippen LogP contribution < -0.4 is 5.32 Å². The summed E-state index contributed by atoms with van der Waals surface area (Å²) in [6.07, 6.45) is 0. The molecule has 0 aliphatic rings. The first-order chi connectivity index (χ1) is 10.8. The van der Waals surface area contributed by atoms with E-state index in [2.05, 4.69) is 15.0 Å². The fraction of sp³-hybridized carbons (Fsp3) is 0.312. The smallest absolute Gasteiger partial charge is 0.337 e. The molecule has 2 rings (SSSR count). The third kappa shape index (κ3) is 3.71. The molecule has 0 aliphatic heterocycles. The number of benzene rings is 1. The number of aryl methyl sites for hydroxylation is 1. The number of ether oxygens (including phenoxy) is 1. The largest absolute Gasteiger partial charge is 0.465 e. The third-order valence-corrected chi connectivity index (χ3v) is 3.48. The van der Waals surface area contributed by atoms with E-state index < -0.39 is 11.9 Å². The number of carbonyl (C=O) groups excluding carboxylic acids is 2. The van der Waals surface area contributed by atoms with Gasteiger partial charge in [0.2, 0.25) is 5.76 Å². The molecule has 0 radical (unpaired) electrons. The molecule has 0 fully saturated rings. The quantitative estimate of drug-likeness (QED) is 0.859. The molecule has 0 saturated heterocycles. The molecule has 23 heavy (non-hydrogen) atoms. The van der Waals surface area contributed by atoms with E-state index in [1.165, 1.54) is 25.3 Å². The van der Waals surface area contributed by atoms with Crippen molar-refractivity contribution < 1.29 is 18.7 Å². The van der Waals surface area contributed by atoms with Crippen molar-refractivity contribution in [2.45, 2.75) is 26.7 Å². The Morgan fingerprint density at radius 1 is 1.35 bits per heavy atom. The van der Waals surface area contributed by atoms with Gasteiger partial charge in [0.15, 0.2) is 5.89 Å². The molecular weight excluding hydrogens is 320 g/mol. The zero-order chi connectivity index (χ0) is 17.1. The Balaban J connectivity index is 2.32. The first-order valence-electron chi connectivity index (χ1n) is 7.00. The van der Waals surface area contributed by atoms with Gasteiger partial charge in [0.25, 0.3) is 5.91 Å². The average Bonchev–Trinajstić information content (AvgIpc) is 2.91. The van der Waals surface area contributed by atoms with Gasteiger partial charge in [-0.25, -0.2) is 9.78 Å². The Kier molecular flexibility index (Phi) is 5.05. The van der Waals surface area contributed by atoms with Crippen LogP contribution in [0.15, 0.2) is 22.6 Å². The summed E-state index contributed by atoms with van der Waals surface area (Å²) in [6, 6.07) is 4.48. The summed E-state index contributed by atoms with van der Waals surface area (Å²) >= 11 is 6.07. The minimum atomic E-state index is -0.518. The van der Waals surface area contributed by atoms with Crippen LogP contribution in [0.3, 0.4) is 0 Å². The lowest BCUT2D eigenvalue weighted by Gasteiger charge is -2.09. The molecule has 0 aliphatic carbocycles. The second-order valence-corrected chi connectivity index (χ2v) is 5.65. The maximum absolute atomic E-state index is 12.4. The van der Waals surface area contributed by atoms with Crippen molar-refractivity contribution in [1.29, 1.82) is 0 Å². The Hall–Kier alpha value is -2.34. The number of anilines is 1. The number of esters is 1. The first-order valence-corrected chi connectivity index (χ1v) is 7.37. The molecule has 0 saturated carbocycles. The maximum atomic E-state index is 12.4. The zero-order valence-corrected chi connectivity index (χ0v) is 14.0. The molecule has 1 heterocycles. The van der Waals surface area contributed by atoms with E-state index in [0.29, 0.717) is 22.3 Å². The third-order valence-electron chi connectivity index (χ3n) is 3.15. The number of aromatic nitrogens is 1. The van der Waals surface area contributed by atoms with Crippen LogP contribution in [0.1, 0.15) is 52.3 Å². The fourth-order valence-corrected chi connectivity index (χ4v) is 2.21. The summed E-state index contributed by atoms with van der Waals surface area (Å²) in [4.78, 5) is 28.2. The molecule has 0 atom stereocenters. The van der Waals surface area contributed by atoms with Crippen LogP contribution in [-0.4, -0.2) is 24.0 Å². The van der Waals surface area contributed by atoms with Gasteiger partial charge in [-0.1, -0.05) is 25.4 Å². The number of oxazole rings is 1. The average molecular weight is 337 g/mol. The van der Waals surface area contributed by atoms with Crippen molar-refractivity contribution in [2.75, 3.05) is 12.4 Å². The lowest BCUT2D eigenvalue weighted by molar-refractivity contribution is 0.0600. The Labute approximate surface area is 138 Å². The van der Waals surface area contributed by atoms with Crippen molar-refractivity contribution in [2.24, 2.45) is 0 Å². The molecule has 0 unspecified atom stereocenters.